The highest BCUT2D eigenvalue weighted by atomic mass is 16.2. The fourth-order valence-corrected chi connectivity index (χ4v) is 4.05. The van der Waals surface area contributed by atoms with Crippen molar-refractivity contribution in [2.75, 3.05) is 26.2 Å². The second-order valence-corrected chi connectivity index (χ2v) is 7.67. The molecule has 1 amide bonds. The summed E-state index contributed by atoms with van der Waals surface area (Å²) in [5.74, 6) is 0.225. The molecule has 2 heterocycles. The Labute approximate surface area is 152 Å². The van der Waals surface area contributed by atoms with Crippen LogP contribution in [-0.4, -0.2) is 54.0 Å². The zero-order chi connectivity index (χ0) is 17.5. The first-order valence-corrected chi connectivity index (χ1v) is 10.0. The van der Waals surface area contributed by atoms with Gasteiger partial charge >= 0.3 is 0 Å². The van der Waals surface area contributed by atoms with E-state index >= 15 is 0 Å². The lowest BCUT2D eigenvalue weighted by molar-refractivity contribution is -0.126. The molecule has 1 aromatic rings. The number of amides is 1. The first-order valence-electron chi connectivity index (χ1n) is 10.0. The topological polar surface area (TPSA) is 35.6 Å². The van der Waals surface area contributed by atoms with Crippen molar-refractivity contribution >= 4 is 5.91 Å². The maximum atomic E-state index is 12.6. The van der Waals surface area contributed by atoms with Crippen LogP contribution in [0.15, 0.2) is 30.3 Å². The summed E-state index contributed by atoms with van der Waals surface area (Å²) in [5.41, 5.74) is 1.37. The standard InChI is InChI=1S/C21H33N3O/c1-18(24-13-7-2-3-8-14-24)21(25)22-20-11-15-23(16-12-20)17-19-9-5-4-6-10-19/h4-6,9-10,18,20H,2-3,7-8,11-17H2,1H3,(H,22,25). The minimum atomic E-state index is 0.0143. The van der Waals surface area contributed by atoms with Crippen LogP contribution < -0.4 is 5.32 Å². The van der Waals surface area contributed by atoms with E-state index in [4.69, 9.17) is 0 Å². The van der Waals surface area contributed by atoms with Crippen molar-refractivity contribution in [1.82, 2.24) is 15.1 Å². The molecule has 0 radical (unpaired) electrons. The molecule has 25 heavy (non-hydrogen) atoms. The lowest BCUT2D eigenvalue weighted by Crippen LogP contribution is -2.51. The third-order valence-electron chi connectivity index (χ3n) is 5.75. The highest BCUT2D eigenvalue weighted by molar-refractivity contribution is 5.81. The summed E-state index contributed by atoms with van der Waals surface area (Å²) in [6, 6.07) is 11.0. The van der Waals surface area contributed by atoms with Crippen molar-refractivity contribution < 1.29 is 4.79 Å². The molecule has 0 aliphatic carbocycles. The Morgan fingerprint density at radius 3 is 2.32 bits per heavy atom. The van der Waals surface area contributed by atoms with Crippen LogP contribution in [0, 0.1) is 0 Å². The number of nitrogens with one attached hydrogen (secondary N) is 1. The Kier molecular flexibility index (Phi) is 6.88. The van der Waals surface area contributed by atoms with E-state index in [1.807, 2.05) is 0 Å². The number of benzene rings is 1. The Balaban J connectivity index is 1.41. The summed E-state index contributed by atoms with van der Waals surface area (Å²) < 4.78 is 0. The SMILES string of the molecule is CC(C(=O)NC1CCN(Cc2ccccc2)CC1)N1CCCCCC1. The highest BCUT2D eigenvalue weighted by Crippen LogP contribution is 2.16. The molecule has 2 aliphatic rings. The Bertz CT molecular complexity index is 517. The normalized spacial score (nSPS) is 22.3. The quantitative estimate of drug-likeness (QED) is 0.893. The van der Waals surface area contributed by atoms with E-state index in [1.54, 1.807) is 0 Å². The fourth-order valence-electron chi connectivity index (χ4n) is 4.05. The minimum Gasteiger partial charge on any atom is -0.352 e. The Morgan fingerprint density at radius 2 is 1.68 bits per heavy atom. The molecule has 1 atom stereocenters. The molecule has 2 saturated heterocycles. The van der Waals surface area contributed by atoms with E-state index in [-0.39, 0.29) is 11.9 Å². The van der Waals surface area contributed by atoms with Gasteiger partial charge in [-0.3, -0.25) is 14.6 Å². The van der Waals surface area contributed by atoms with Gasteiger partial charge in [0.15, 0.2) is 0 Å². The monoisotopic (exact) mass is 343 g/mol. The Hall–Kier alpha value is -1.39. The lowest BCUT2D eigenvalue weighted by atomic mass is 10.0. The lowest BCUT2D eigenvalue weighted by Gasteiger charge is -2.34. The van der Waals surface area contributed by atoms with Crippen LogP contribution in [0.1, 0.15) is 51.0 Å². The maximum Gasteiger partial charge on any atom is 0.237 e. The van der Waals surface area contributed by atoms with Gasteiger partial charge in [-0.15, -0.1) is 0 Å². The van der Waals surface area contributed by atoms with Crippen molar-refractivity contribution in [2.45, 2.75) is 64.1 Å². The van der Waals surface area contributed by atoms with E-state index in [2.05, 4.69) is 52.4 Å². The number of nitrogens with zero attached hydrogens (tertiary/aromatic N) is 2. The van der Waals surface area contributed by atoms with Crippen LogP contribution >= 0.6 is 0 Å². The van der Waals surface area contributed by atoms with Gasteiger partial charge in [-0.1, -0.05) is 43.2 Å². The van der Waals surface area contributed by atoms with Crippen molar-refractivity contribution in [3.63, 3.8) is 0 Å². The number of hydrogen-bond acceptors (Lipinski definition) is 3. The molecule has 138 valence electrons. The molecule has 3 rings (SSSR count). The van der Waals surface area contributed by atoms with Crippen molar-refractivity contribution in [1.29, 1.82) is 0 Å². The van der Waals surface area contributed by atoms with Gasteiger partial charge in [0.1, 0.15) is 0 Å². The van der Waals surface area contributed by atoms with Gasteiger partial charge in [0.25, 0.3) is 0 Å². The second-order valence-electron chi connectivity index (χ2n) is 7.67. The maximum absolute atomic E-state index is 12.6. The van der Waals surface area contributed by atoms with Gasteiger partial charge in [-0.25, -0.2) is 0 Å². The summed E-state index contributed by atoms with van der Waals surface area (Å²) in [4.78, 5) is 17.5. The molecule has 4 heteroatoms. The molecular formula is C21H33N3O. The molecule has 4 nitrogen and oxygen atoms in total. The third kappa shape index (κ3) is 5.55. The first-order chi connectivity index (χ1) is 12.2. The minimum absolute atomic E-state index is 0.0143. The number of hydrogen-bond donors (Lipinski definition) is 1. The van der Waals surface area contributed by atoms with Gasteiger partial charge in [0.2, 0.25) is 5.91 Å². The van der Waals surface area contributed by atoms with Crippen LogP contribution in [0.25, 0.3) is 0 Å². The van der Waals surface area contributed by atoms with Gasteiger partial charge < -0.3 is 5.32 Å². The van der Waals surface area contributed by atoms with E-state index < -0.39 is 0 Å². The average Bonchev–Trinajstić information content (AvgIpc) is 2.93. The number of likely N-dealkylation sites (tertiary alicyclic amines) is 2. The predicted octanol–water partition coefficient (Wildman–Crippen LogP) is 3.03. The van der Waals surface area contributed by atoms with E-state index in [0.29, 0.717) is 6.04 Å². The molecule has 2 fully saturated rings. The van der Waals surface area contributed by atoms with Gasteiger partial charge in [0, 0.05) is 25.7 Å². The number of carbonyl (C=O) groups excluding carboxylic acids is 1. The van der Waals surface area contributed by atoms with E-state index in [9.17, 15) is 4.79 Å². The second kappa shape index (κ2) is 9.35. The zero-order valence-electron chi connectivity index (χ0n) is 15.6. The summed E-state index contributed by atoms with van der Waals surface area (Å²) in [7, 11) is 0. The molecule has 1 aromatic carbocycles. The average molecular weight is 344 g/mol. The smallest absolute Gasteiger partial charge is 0.237 e. The van der Waals surface area contributed by atoms with Gasteiger partial charge in [-0.2, -0.15) is 0 Å². The van der Waals surface area contributed by atoms with E-state index in [0.717, 1.165) is 45.6 Å². The van der Waals surface area contributed by atoms with Crippen LogP contribution in [0.2, 0.25) is 0 Å². The third-order valence-corrected chi connectivity index (χ3v) is 5.75. The zero-order valence-corrected chi connectivity index (χ0v) is 15.6. The largest absolute Gasteiger partial charge is 0.352 e. The molecule has 1 unspecified atom stereocenters. The highest BCUT2D eigenvalue weighted by Gasteiger charge is 2.26. The molecule has 0 saturated carbocycles. The summed E-state index contributed by atoms with van der Waals surface area (Å²) in [6.07, 6.45) is 7.21. The molecule has 0 spiro atoms. The molecule has 0 bridgehead atoms. The van der Waals surface area contributed by atoms with Gasteiger partial charge in [-0.05, 0) is 51.3 Å². The van der Waals surface area contributed by atoms with Crippen LogP contribution in [0.3, 0.4) is 0 Å². The summed E-state index contributed by atoms with van der Waals surface area (Å²) in [6.45, 7) is 7.38. The molecule has 0 aromatic heterocycles. The van der Waals surface area contributed by atoms with E-state index in [1.165, 1.54) is 31.2 Å². The van der Waals surface area contributed by atoms with Crippen molar-refractivity contribution in [3.8, 4) is 0 Å². The van der Waals surface area contributed by atoms with Gasteiger partial charge in [0.05, 0.1) is 6.04 Å². The van der Waals surface area contributed by atoms with Crippen LogP contribution in [-0.2, 0) is 11.3 Å². The Morgan fingerprint density at radius 1 is 1.04 bits per heavy atom. The van der Waals surface area contributed by atoms with Crippen LogP contribution in [0.4, 0.5) is 0 Å². The first kappa shape index (κ1) is 18.4. The summed E-state index contributed by atoms with van der Waals surface area (Å²) in [5, 5.41) is 3.31. The predicted molar refractivity (Wildman–Crippen MR) is 102 cm³/mol. The fraction of sp³-hybridized carbons (Fsp3) is 0.667. The number of piperidine rings is 1. The van der Waals surface area contributed by atoms with Crippen molar-refractivity contribution in [2.24, 2.45) is 0 Å². The van der Waals surface area contributed by atoms with Crippen LogP contribution in [0.5, 0.6) is 0 Å². The van der Waals surface area contributed by atoms with Crippen molar-refractivity contribution in [3.05, 3.63) is 35.9 Å². The summed E-state index contributed by atoms with van der Waals surface area (Å²) >= 11 is 0. The molecule has 1 N–H and O–H groups in total. The molecule has 2 aliphatic heterocycles. The number of carbonyl (C=O) groups is 1. The number of rotatable bonds is 5. The molecular weight excluding hydrogens is 310 g/mol.